The fourth-order valence-corrected chi connectivity index (χ4v) is 2.02. The highest BCUT2D eigenvalue weighted by Crippen LogP contribution is 2.24. The molecule has 1 rings (SSSR count). The summed E-state index contributed by atoms with van der Waals surface area (Å²) < 4.78 is 21.1. The second-order valence-electron chi connectivity index (χ2n) is 2.61. The molecule has 0 saturated heterocycles. The second-order valence-corrected chi connectivity index (χ2v) is 4.32. The van der Waals surface area contributed by atoms with Crippen LogP contribution < -0.4 is 4.72 Å². The first-order chi connectivity index (χ1) is 6.13. The summed E-state index contributed by atoms with van der Waals surface area (Å²) in [5.74, 6) is 0.347. The van der Waals surface area contributed by atoms with Crippen LogP contribution in [0.5, 0.6) is 0 Å². The standard InChI is InChI=1S/C6H11N3O2S2/c1-3-4(2)5-7-8-6(12-5)9-13(10)11/h4H,3H2,1-2H3,(H,8,9)(H,10,11). The summed E-state index contributed by atoms with van der Waals surface area (Å²) in [5.41, 5.74) is 0. The van der Waals surface area contributed by atoms with Crippen LogP contribution in [0.2, 0.25) is 0 Å². The molecular weight excluding hydrogens is 210 g/mol. The van der Waals surface area contributed by atoms with Crippen LogP contribution in [0.15, 0.2) is 0 Å². The van der Waals surface area contributed by atoms with Gasteiger partial charge in [0.2, 0.25) is 5.13 Å². The number of hydrogen-bond donors (Lipinski definition) is 2. The first-order valence-corrected chi connectivity index (χ1v) is 5.76. The Morgan fingerprint density at radius 3 is 2.92 bits per heavy atom. The molecule has 0 aliphatic carbocycles. The second kappa shape index (κ2) is 4.64. The van der Waals surface area contributed by atoms with E-state index < -0.39 is 11.3 Å². The molecule has 2 unspecified atom stereocenters. The molecule has 1 aromatic rings. The maximum Gasteiger partial charge on any atom is 0.261 e. The van der Waals surface area contributed by atoms with Crippen LogP contribution in [0.1, 0.15) is 31.2 Å². The van der Waals surface area contributed by atoms with Crippen molar-refractivity contribution in [2.45, 2.75) is 26.2 Å². The molecule has 1 heterocycles. The van der Waals surface area contributed by atoms with E-state index in [1.165, 1.54) is 11.3 Å². The van der Waals surface area contributed by atoms with Gasteiger partial charge in [0.15, 0.2) is 0 Å². The quantitative estimate of drug-likeness (QED) is 0.757. The highest BCUT2D eigenvalue weighted by atomic mass is 32.2. The Bertz CT molecular complexity index is 302. The fourth-order valence-electron chi connectivity index (χ4n) is 0.724. The van der Waals surface area contributed by atoms with Crippen molar-refractivity contribution in [2.24, 2.45) is 0 Å². The first-order valence-electron chi connectivity index (χ1n) is 3.84. The highest BCUT2D eigenvalue weighted by molar-refractivity contribution is 7.80. The number of aromatic nitrogens is 2. The molecule has 1 aromatic heterocycles. The highest BCUT2D eigenvalue weighted by Gasteiger charge is 2.10. The molecule has 74 valence electrons. The molecule has 5 nitrogen and oxygen atoms in total. The van der Waals surface area contributed by atoms with Crippen LogP contribution >= 0.6 is 11.3 Å². The van der Waals surface area contributed by atoms with Crippen molar-refractivity contribution in [2.75, 3.05) is 4.72 Å². The maximum absolute atomic E-state index is 10.4. The van der Waals surface area contributed by atoms with Gasteiger partial charge < -0.3 is 0 Å². The zero-order chi connectivity index (χ0) is 9.84. The fraction of sp³-hybridized carbons (Fsp3) is 0.667. The Balaban J connectivity index is 2.68. The number of nitrogens with zero attached hydrogens (tertiary/aromatic N) is 2. The van der Waals surface area contributed by atoms with Gasteiger partial charge in [-0.15, -0.1) is 10.2 Å². The number of anilines is 1. The van der Waals surface area contributed by atoms with Crippen molar-refractivity contribution in [3.63, 3.8) is 0 Å². The first kappa shape index (κ1) is 10.6. The molecular formula is C6H11N3O2S2. The smallest absolute Gasteiger partial charge is 0.261 e. The van der Waals surface area contributed by atoms with E-state index in [-0.39, 0.29) is 0 Å². The van der Waals surface area contributed by atoms with Gasteiger partial charge in [0.25, 0.3) is 11.3 Å². The summed E-state index contributed by atoms with van der Waals surface area (Å²) in [6, 6.07) is 0. The molecule has 7 heteroatoms. The topological polar surface area (TPSA) is 75.1 Å². The molecule has 2 N–H and O–H groups in total. The van der Waals surface area contributed by atoms with Gasteiger partial charge in [0, 0.05) is 5.92 Å². The molecule has 0 aliphatic heterocycles. The maximum atomic E-state index is 10.4. The molecule has 0 spiro atoms. The molecule has 0 aromatic carbocycles. The van der Waals surface area contributed by atoms with E-state index in [0.29, 0.717) is 11.0 Å². The van der Waals surface area contributed by atoms with Crippen molar-refractivity contribution < 1.29 is 8.76 Å². The van der Waals surface area contributed by atoms with Crippen molar-refractivity contribution in [1.29, 1.82) is 0 Å². The van der Waals surface area contributed by atoms with Crippen LogP contribution in [-0.4, -0.2) is 19.0 Å². The minimum Gasteiger partial charge on any atom is -0.289 e. The Morgan fingerprint density at radius 2 is 2.38 bits per heavy atom. The summed E-state index contributed by atoms with van der Waals surface area (Å²) in [6.07, 6.45) is 0.983. The summed E-state index contributed by atoms with van der Waals surface area (Å²) in [5, 5.41) is 8.90. The Hall–Kier alpha value is -0.530. The van der Waals surface area contributed by atoms with Crippen LogP contribution in [0.3, 0.4) is 0 Å². The average Bonchev–Trinajstić information content (AvgIpc) is 2.50. The van der Waals surface area contributed by atoms with E-state index >= 15 is 0 Å². The Kier molecular flexibility index (Phi) is 3.76. The average molecular weight is 221 g/mol. The minimum atomic E-state index is -2.06. The van der Waals surface area contributed by atoms with E-state index in [1.54, 1.807) is 0 Å². The van der Waals surface area contributed by atoms with E-state index in [2.05, 4.69) is 21.8 Å². The van der Waals surface area contributed by atoms with E-state index in [9.17, 15) is 4.21 Å². The minimum absolute atomic E-state index is 0.347. The third-order valence-corrected chi connectivity index (χ3v) is 3.22. The van der Waals surface area contributed by atoms with Crippen molar-refractivity contribution >= 4 is 27.7 Å². The lowest BCUT2D eigenvalue weighted by Gasteiger charge is -1.99. The molecule has 0 fully saturated rings. The third kappa shape index (κ3) is 3.02. The Morgan fingerprint density at radius 1 is 1.69 bits per heavy atom. The van der Waals surface area contributed by atoms with Gasteiger partial charge in [-0.05, 0) is 6.42 Å². The monoisotopic (exact) mass is 221 g/mol. The molecule has 2 atom stereocenters. The SMILES string of the molecule is CCC(C)c1nnc(NS(=O)O)s1. The molecule has 0 aliphatic rings. The lowest BCUT2D eigenvalue weighted by Crippen LogP contribution is -2.00. The molecule has 0 bridgehead atoms. The normalized spacial score (nSPS) is 15.3. The lowest BCUT2D eigenvalue weighted by atomic mass is 10.1. The van der Waals surface area contributed by atoms with Gasteiger partial charge in [-0.25, -0.2) is 4.21 Å². The van der Waals surface area contributed by atoms with Gasteiger partial charge in [0.1, 0.15) is 5.01 Å². The van der Waals surface area contributed by atoms with Crippen molar-refractivity contribution in [1.82, 2.24) is 10.2 Å². The summed E-state index contributed by atoms with van der Waals surface area (Å²) in [6.45, 7) is 4.10. The van der Waals surface area contributed by atoms with Gasteiger partial charge in [-0.2, -0.15) is 0 Å². The van der Waals surface area contributed by atoms with Crippen molar-refractivity contribution in [3.8, 4) is 0 Å². The molecule has 0 saturated carbocycles. The zero-order valence-corrected chi connectivity index (χ0v) is 8.98. The van der Waals surface area contributed by atoms with Crippen LogP contribution in [-0.2, 0) is 11.3 Å². The third-order valence-electron chi connectivity index (χ3n) is 1.65. The van der Waals surface area contributed by atoms with Gasteiger partial charge in [-0.1, -0.05) is 25.2 Å². The van der Waals surface area contributed by atoms with Gasteiger partial charge >= 0.3 is 0 Å². The van der Waals surface area contributed by atoms with Gasteiger partial charge in [-0.3, -0.25) is 9.27 Å². The lowest BCUT2D eigenvalue weighted by molar-refractivity contribution is 0.570. The van der Waals surface area contributed by atoms with E-state index in [0.717, 1.165) is 11.4 Å². The summed E-state index contributed by atoms with van der Waals surface area (Å²) >= 11 is -0.753. The van der Waals surface area contributed by atoms with E-state index in [4.69, 9.17) is 4.55 Å². The largest absolute Gasteiger partial charge is 0.289 e. The number of hydrogen-bond acceptors (Lipinski definition) is 4. The molecule has 13 heavy (non-hydrogen) atoms. The summed E-state index contributed by atoms with van der Waals surface area (Å²) in [7, 11) is 0. The number of nitrogens with one attached hydrogen (secondary N) is 1. The summed E-state index contributed by atoms with van der Waals surface area (Å²) in [4.78, 5) is 0. The zero-order valence-electron chi connectivity index (χ0n) is 7.35. The van der Waals surface area contributed by atoms with E-state index in [1.807, 2.05) is 6.92 Å². The van der Waals surface area contributed by atoms with Crippen LogP contribution in [0.25, 0.3) is 0 Å². The van der Waals surface area contributed by atoms with Crippen LogP contribution in [0, 0.1) is 0 Å². The molecule has 0 radical (unpaired) electrons. The predicted octanol–water partition coefficient (Wildman–Crippen LogP) is 1.60. The van der Waals surface area contributed by atoms with Crippen LogP contribution in [0.4, 0.5) is 5.13 Å². The predicted molar refractivity (Wildman–Crippen MR) is 53.0 cm³/mol. The van der Waals surface area contributed by atoms with Crippen molar-refractivity contribution in [3.05, 3.63) is 5.01 Å². The number of rotatable bonds is 4. The van der Waals surface area contributed by atoms with Gasteiger partial charge in [0.05, 0.1) is 0 Å². The molecule has 0 amide bonds. The Labute approximate surface area is 83.0 Å².